The van der Waals surface area contributed by atoms with Gasteiger partial charge < -0.3 is 5.73 Å². The molecular formula is C15H17N5OS. The maximum absolute atomic E-state index is 12.7. The van der Waals surface area contributed by atoms with Crippen molar-refractivity contribution in [3.63, 3.8) is 0 Å². The van der Waals surface area contributed by atoms with E-state index in [0.29, 0.717) is 23.2 Å². The molecule has 1 aromatic carbocycles. The number of rotatable bonds is 2. The Kier molecular flexibility index (Phi) is 3.66. The Morgan fingerprint density at radius 1 is 1.36 bits per heavy atom. The van der Waals surface area contributed by atoms with Crippen LogP contribution in [0, 0.1) is 6.92 Å². The van der Waals surface area contributed by atoms with Crippen LogP contribution >= 0.6 is 11.8 Å². The number of fused-ring (bicyclic) bond motifs is 1. The van der Waals surface area contributed by atoms with Gasteiger partial charge in [-0.1, -0.05) is 17.8 Å². The summed E-state index contributed by atoms with van der Waals surface area (Å²) < 4.78 is 0. The summed E-state index contributed by atoms with van der Waals surface area (Å²) in [5.41, 5.74) is 9.24. The van der Waals surface area contributed by atoms with Crippen molar-refractivity contribution in [2.45, 2.75) is 18.6 Å². The number of amides is 2. The molecule has 0 fully saturated rings. The first kappa shape index (κ1) is 14.6. The zero-order valence-corrected chi connectivity index (χ0v) is 13.5. The van der Waals surface area contributed by atoms with Crippen molar-refractivity contribution in [2.75, 3.05) is 28.8 Å². The number of urea groups is 1. The molecule has 2 N–H and O–H groups in total. The SMILES string of the molecule is CSc1ncc2c(n1)N(C)C(=O)N(c1cc(N)ccc1C)C2. The van der Waals surface area contributed by atoms with Gasteiger partial charge in [0.05, 0.1) is 12.2 Å². The van der Waals surface area contributed by atoms with Gasteiger partial charge in [0.15, 0.2) is 5.16 Å². The molecule has 0 unspecified atom stereocenters. The van der Waals surface area contributed by atoms with Crippen LogP contribution in [-0.2, 0) is 6.54 Å². The summed E-state index contributed by atoms with van der Waals surface area (Å²) in [7, 11) is 1.73. The van der Waals surface area contributed by atoms with Crippen molar-refractivity contribution in [1.29, 1.82) is 0 Å². The normalized spacial score (nSPS) is 14.2. The number of benzene rings is 1. The molecule has 0 spiro atoms. The molecule has 1 aliphatic heterocycles. The van der Waals surface area contributed by atoms with E-state index in [1.807, 2.05) is 31.4 Å². The Morgan fingerprint density at radius 2 is 2.14 bits per heavy atom. The molecule has 1 aliphatic rings. The first-order chi connectivity index (χ1) is 10.5. The number of nitrogens with two attached hydrogens (primary N) is 1. The number of hydrogen-bond donors (Lipinski definition) is 1. The second-order valence-corrected chi connectivity index (χ2v) is 5.95. The average molecular weight is 315 g/mol. The third-order valence-electron chi connectivity index (χ3n) is 3.69. The lowest BCUT2D eigenvalue weighted by molar-refractivity contribution is 0.251. The van der Waals surface area contributed by atoms with Crippen LogP contribution in [0.2, 0.25) is 0 Å². The second-order valence-electron chi connectivity index (χ2n) is 5.18. The zero-order chi connectivity index (χ0) is 15.9. The molecule has 0 saturated heterocycles. The van der Waals surface area contributed by atoms with Crippen LogP contribution in [0.15, 0.2) is 29.6 Å². The van der Waals surface area contributed by atoms with E-state index >= 15 is 0 Å². The molecule has 1 aromatic heterocycles. The maximum atomic E-state index is 12.7. The molecule has 2 amide bonds. The number of aryl methyl sites for hydroxylation is 1. The van der Waals surface area contributed by atoms with Crippen molar-refractivity contribution in [1.82, 2.24) is 9.97 Å². The minimum atomic E-state index is -0.119. The number of carbonyl (C=O) groups is 1. The van der Waals surface area contributed by atoms with Gasteiger partial charge in [-0.25, -0.2) is 14.8 Å². The van der Waals surface area contributed by atoms with Crippen LogP contribution in [0.5, 0.6) is 0 Å². The van der Waals surface area contributed by atoms with Crippen molar-refractivity contribution < 1.29 is 4.79 Å². The summed E-state index contributed by atoms with van der Waals surface area (Å²) in [6, 6.07) is 5.45. The molecule has 0 atom stereocenters. The predicted molar refractivity (Wildman–Crippen MR) is 89.4 cm³/mol. The van der Waals surface area contributed by atoms with Gasteiger partial charge in [0.1, 0.15) is 5.82 Å². The molecule has 114 valence electrons. The Morgan fingerprint density at radius 3 is 2.86 bits per heavy atom. The average Bonchev–Trinajstić information content (AvgIpc) is 2.53. The van der Waals surface area contributed by atoms with Crippen molar-refractivity contribution in [2.24, 2.45) is 0 Å². The minimum Gasteiger partial charge on any atom is -0.399 e. The van der Waals surface area contributed by atoms with Gasteiger partial charge in [-0.05, 0) is 30.9 Å². The Labute approximate surface area is 133 Å². The third kappa shape index (κ3) is 2.37. The fourth-order valence-electron chi connectivity index (χ4n) is 2.50. The fourth-order valence-corrected chi connectivity index (χ4v) is 2.83. The van der Waals surface area contributed by atoms with Gasteiger partial charge in [-0.15, -0.1) is 0 Å². The zero-order valence-electron chi connectivity index (χ0n) is 12.7. The lowest BCUT2D eigenvalue weighted by atomic mass is 10.1. The van der Waals surface area contributed by atoms with E-state index in [9.17, 15) is 4.79 Å². The third-order valence-corrected chi connectivity index (χ3v) is 4.25. The topological polar surface area (TPSA) is 75.4 Å². The molecule has 3 rings (SSSR count). The number of nitrogens with zero attached hydrogens (tertiary/aromatic N) is 4. The Balaban J connectivity index is 2.06. The predicted octanol–water partition coefficient (Wildman–Crippen LogP) is 2.67. The molecule has 0 aliphatic carbocycles. The highest BCUT2D eigenvalue weighted by Crippen LogP contribution is 2.32. The van der Waals surface area contributed by atoms with E-state index in [-0.39, 0.29) is 6.03 Å². The highest BCUT2D eigenvalue weighted by Gasteiger charge is 2.31. The second kappa shape index (κ2) is 5.49. The number of aromatic nitrogens is 2. The molecule has 2 heterocycles. The molecule has 0 radical (unpaired) electrons. The van der Waals surface area contributed by atoms with Crippen LogP contribution in [-0.4, -0.2) is 29.3 Å². The maximum Gasteiger partial charge on any atom is 0.330 e. The molecule has 0 bridgehead atoms. The molecular weight excluding hydrogens is 298 g/mol. The summed E-state index contributed by atoms with van der Waals surface area (Å²) >= 11 is 1.46. The molecule has 2 aromatic rings. The van der Waals surface area contributed by atoms with Gasteiger partial charge in [-0.3, -0.25) is 9.80 Å². The van der Waals surface area contributed by atoms with Gasteiger partial charge in [0, 0.05) is 24.5 Å². The molecule has 7 heteroatoms. The van der Waals surface area contributed by atoms with E-state index in [1.54, 1.807) is 23.0 Å². The first-order valence-electron chi connectivity index (χ1n) is 6.82. The van der Waals surface area contributed by atoms with Crippen molar-refractivity contribution >= 4 is 35.0 Å². The summed E-state index contributed by atoms with van der Waals surface area (Å²) in [6.07, 6.45) is 3.69. The van der Waals surface area contributed by atoms with E-state index in [2.05, 4.69) is 9.97 Å². The molecule has 22 heavy (non-hydrogen) atoms. The lowest BCUT2D eigenvalue weighted by Crippen LogP contribution is -2.46. The van der Waals surface area contributed by atoms with Gasteiger partial charge in [0.2, 0.25) is 0 Å². The van der Waals surface area contributed by atoms with Crippen LogP contribution < -0.4 is 15.5 Å². The fraction of sp³-hybridized carbons (Fsp3) is 0.267. The standard InChI is InChI=1S/C15H17N5OS/c1-9-4-5-11(16)6-12(9)20-8-10-7-17-14(22-3)18-13(10)19(2)15(20)21/h4-7H,8,16H2,1-3H3. The summed E-state index contributed by atoms with van der Waals surface area (Å²) in [6.45, 7) is 2.41. The summed E-state index contributed by atoms with van der Waals surface area (Å²) in [5, 5.41) is 0.659. The van der Waals surface area contributed by atoms with Crippen LogP contribution in [0.4, 0.5) is 22.0 Å². The number of hydrogen-bond acceptors (Lipinski definition) is 5. The van der Waals surface area contributed by atoms with Gasteiger partial charge in [-0.2, -0.15) is 0 Å². The van der Waals surface area contributed by atoms with Crippen molar-refractivity contribution in [3.05, 3.63) is 35.5 Å². The monoisotopic (exact) mass is 315 g/mol. The van der Waals surface area contributed by atoms with E-state index in [0.717, 1.165) is 16.8 Å². The number of nitrogen functional groups attached to an aromatic ring is 1. The molecule has 6 nitrogen and oxygen atoms in total. The summed E-state index contributed by atoms with van der Waals surface area (Å²) in [5.74, 6) is 0.669. The van der Waals surface area contributed by atoms with E-state index in [1.165, 1.54) is 11.8 Å². The largest absolute Gasteiger partial charge is 0.399 e. The first-order valence-corrected chi connectivity index (χ1v) is 8.05. The minimum absolute atomic E-state index is 0.119. The van der Waals surface area contributed by atoms with Crippen molar-refractivity contribution in [3.8, 4) is 0 Å². The Hall–Kier alpha value is -2.28. The lowest BCUT2D eigenvalue weighted by Gasteiger charge is -2.34. The van der Waals surface area contributed by atoms with Gasteiger partial charge >= 0.3 is 6.03 Å². The van der Waals surface area contributed by atoms with E-state index in [4.69, 9.17) is 5.73 Å². The quantitative estimate of drug-likeness (QED) is 0.524. The van der Waals surface area contributed by atoms with Gasteiger partial charge in [0.25, 0.3) is 0 Å². The smallest absolute Gasteiger partial charge is 0.330 e. The van der Waals surface area contributed by atoms with Crippen LogP contribution in [0.25, 0.3) is 0 Å². The van der Waals surface area contributed by atoms with Crippen LogP contribution in [0.3, 0.4) is 0 Å². The highest BCUT2D eigenvalue weighted by atomic mass is 32.2. The molecule has 0 saturated carbocycles. The number of thioether (sulfide) groups is 1. The summed E-state index contributed by atoms with van der Waals surface area (Å²) in [4.78, 5) is 24.7. The number of carbonyl (C=O) groups excluding carboxylic acids is 1. The number of anilines is 3. The van der Waals surface area contributed by atoms with Crippen LogP contribution in [0.1, 0.15) is 11.1 Å². The van der Waals surface area contributed by atoms with E-state index < -0.39 is 0 Å². The Bertz CT molecular complexity index is 749. The highest BCUT2D eigenvalue weighted by molar-refractivity contribution is 7.98.